The van der Waals surface area contributed by atoms with Crippen molar-refractivity contribution >= 4 is 0 Å². The smallest absolute Gasteiger partial charge is 0.0964 e. The third-order valence-electron chi connectivity index (χ3n) is 5.36. The number of hydrogen-bond donors (Lipinski definition) is 2. The fourth-order valence-corrected chi connectivity index (χ4v) is 3.89. The topological polar surface area (TPSA) is 46.2 Å². The molecule has 3 N–H and O–H groups in total. The molecule has 0 spiro atoms. The van der Waals surface area contributed by atoms with Crippen LogP contribution in [0.5, 0.6) is 0 Å². The molecule has 1 aromatic rings. The van der Waals surface area contributed by atoms with Crippen LogP contribution in [0, 0.1) is 11.3 Å². The van der Waals surface area contributed by atoms with Crippen molar-refractivity contribution in [2.45, 2.75) is 58.0 Å². The van der Waals surface area contributed by atoms with Crippen molar-refractivity contribution in [3.05, 3.63) is 35.9 Å². The molecular weight excluding hydrogens is 246 g/mol. The van der Waals surface area contributed by atoms with Crippen LogP contribution < -0.4 is 5.73 Å². The van der Waals surface area contributed by atoms with E-state index in [-0.39, 0.29) is 5.41 Å². The molecule has 0 heterocycles. The van der Waals surface area contributed by atoms with E-state index < -0.39 is 5.60 Å². The predicted octanol–water partition coefficient (Wildman–Crippen LogP) is 3.83. The van der Waals surface area contributed by atoms with E-state index in [0.717, 1.165) is 37.2 Å². The molecule has 1 saturated carbocycles. The van der Waals surface area contributed by atoms with Crippen LogP contribution in [0.3, 0.4) is 0 Å². The standard InChI is InChI=1S/C18H29NO/c1-3-11-18(20,16-7-5-4-6-8-16)17(14-19)12-9-15(2)10-13-17/h4-8,15,20H,3,9-14,19H2,1-2H3. The molecule has 2 nitrogen and oxygen atoms in total. The molecule has 1 aromatic carbocycles. The first kappa shape index (κ1) is 15.5. The van der Waals surface area contributed by atoms with Crippen molar-refractivity contribution in [1.29, 1.82) is 0 Å². The highest BCUT2D eigenvalue weighted by molar-refractivity contribution is 5.26. The lowest BCUT2D eigenvalue weighted by atomic mass is 9.58. The molecule has 1 aliphatic carbocycles. The van der Waals surface area contributed by atoms with Gasteiger partial charge < -0.3 is 10.8 Å². The lowest BCUT2D eigenvalue weighted by Gasteiger charge is -2.50. The summed E-state index contributed by atoms with van der Waals surface area (Å²) < 4.78 is 0. The van der Waals surface area contributed by atoms with Gasteiger partial charge in [0, 0.05) is 12.0 Å². The maximum Gasteiger partial charge on any atom is 0.0964 e. The summed E-state index contributed by atoms with van der Waals surface area (Å²) in [5.41, 5.74) is 6.29. The van der Waals surface area contributed by atoms with Crippen molar-refractivity contribution < 1.29 is 5.11 Å². The second-order valence-electron chi connectivity index (χ2n) is 6.64. The molecule has 0 amide bonds. The maximum atomic E-state index is 11.6. The minimum Gasteiger partial charge on any atom is -0.385 e. The molecule has 0 radical (unpaired) electrons. The lowest BCUT2D eigenvalue weighted by molar-refractivity contribution is -0.117. The summed E-state index contributed by atoms with van der Waals surface area (Å²) in [5, 5.41) is 11.6. The number of rotatable bonds is 5. The van der Waals surface area contributed by atoms with E-state index in [0.29, 0.717) is 6.54 Å². The number of benzene rings is 1. The highest BCUT2D eigenvalue weighted by Crippen LogP contribution is 2.52. The summed E-state index contributed by atoms with van der Waals surface area (Å²) in [5.74, 6) is 0.760. The van der Waals surface area contributed by atoms with Crippen LogP contribution in [-0.4, -0.2) is 11.7 Å². The van der Waals surface area contributed by atoms with Gasteiger partial charge in [0.15, 0.2) is 0 Å². The highest BCUT2D eigenvalue weighted by Gasteiger charge is 2.50. The Morgan fingerprint density at radius 2 is 1.85 bits per heavy atom. The molecule has 0 bridgehead atoms. The molecule has 1 aliphatic rings. The minimum atomic E-state index is -0.780. The molecular formula is C18H29NO. The first-order valence-corrected chi connectivity index (χ1v) is 8.06. The predicted molar refractivity (Wildman–Crippen MR) is 84.4 cm³/mol. The Labute approximate surface area is 123 Å². The van der Waals surface area contributed by atoms with E-state index in [4.69, 9.17) is 5.73 Å². The van der Waals surface area contributed by atoms with E-state index in [2.05, 4.69) is 26.0 Å². The summed E-state index contributed by atoms with van der Waals surface area (Å²) >= 11 is 0. The molecule has 2 heteroatoms. The van der Waals surface area contributed by atoms with E-state index in [1.54, 1.807) is 0 Å². The second kappa shape index (κ2) is 6.28. The summed E-state index contributed by atoms with van der Waals surface area (Å²) in [7, 11) is 0. The fourth-order valence-electron chi connectivity index (χ4n) is 3.89. The van der Waals surface area contributed by atoms with E-state index in [1.807, 2.05) is 18.2 Å². The van der Waals surface area contributed by atoms with Crippen LogP contribution in [0.25, 0.3) is 0 Å². The van der Waals surface area contributed by atoms with E-state index >= 15 is 0 Å². The Balaban J connectivity index is 2.40. The van der Waals surface area contributed by atoms with Crippen LogP contribution >= 0.6 is 0 Å². The maximum absolute atomic E-state index is 11.6. The van der Waals surface area contributed by atoms with Gasteiger partial charge >= 0.3 is 0 Å². The van der Waals surface area contributed by atoms with Gasteiger partial charge in [0.25, 0.3) is 0 Å². The highest BCUT2D eigenvalue weighted by atomic mass is 16.3. The normalized spacial score (nSPS) is 29.9. The third-order valence-corrected chi connectivity index (χ3v) is 5.36. The molecule has 20 heavy (non-hydrogen) atoms. The molecule has 0 saturated heterocycles. The van der Waals surface area contributed by atoms with Crippen LogP contribution in [0.4, 0.5) is 0 Å². The Morgan fingerprint density at radius 3 is 2.35 bits per heavy atom. The summed E-state index contributed by atoms with van der Waals surface area (Å²) in [6, 6.07) is 10.2. The molecule has 2 rings (SSSR count). The van der Waals surface area contributed by atoms with Crippen LogP contribution in [0.2, 0.25) is 0 Å². The van der Waals surface area contributed by atoms with Crippen molar-refractivity contribution in [3.8, 4) is 0 Å². The Hall–Kier alpha value is -0.860. The Morgan fingerprint density at radius 1 is 1.25 bits per heavy atom. The van der Waals surface area contributed by atoms with Gasteiger partial charge in [-0.25, -0.2) is 0 Å². The van der Waals surface area contributed by atoms with E-state index in [9.17, 15) is 5.11 Å². The fraction of sp³-hybridized carbons (Fsp3) is 0.667. The van der Waals surface area contributed by atoms with Crippen LogP contribution in [0.1, 0.15) is 57.9 Å². The van der Waals surface area contributed by atoms with Gasteiger partial charge in [-0.1, -0.05) is 63.4 Å². The van der Waals surface area contributed by atoms with Crippen LogP contribution in [0.15, 0.2) is 30.3 Å². The average Bonchev–Trinajstić information content (AvgIpc) is 2.49. The largest absolute Gasteiger partial charge is 0.385 e. The Kier molecular flexibility index (Phi) is 4.87. The van der Waals surface area contributed by atoms with Crippen LogP contribution in [-0.2, 0) is 5.60 Å². The zero-order valence-corrected chi connectivity index (χ0v) is 12.9. The van der Waals surface area contributed by atoms with Gasteiger partial charge in [0.2, 0.25) is 0 Å². The molecule has 1 fully saturated rings. The second-order valence-corrected chi connectivity index (χ2v) is 6.64. The zero-order chi connectivity index (χ0) is 14.6. The van der Waals surface area contributed by atoms with Gasteiger partial charge in [-0.05, 0) is 30.7 Å². The quantitative estimate of drug-likeness (QED) is 0.858. The first-order valence-electron chi connectivity index (χ1n) is 8.06. The van der Waals surface area contributed by atoms with Crippen molar-refractivity contribution in [2.75, 3.05) is 6.54 Å². The summed E-state index contributed by atoms with van der Waals surface area (Å²) in [6.07, 6.45) is 6.20. The molecule has 1 unspecified atom stereocenters. The lowest BCUT2D eigenvalue weighted by Crippen LogP contribution is -2.52. The zero-order valence-electron chi connectivity index (χ0n) is 12.9. The Bertz CT molecular complexity index is 409. The van der Waals surface area contributed by atoms with Gasteiger partial charge in [0.1, 0.15) is 0 Å². The number of hydrogen-bond acceptors (Lipinski definition) is 2. The van der Waals surface area contributed by atoms with Gasteiger partial charge in [-0.3, -0.25) is 0 Å². The first-order chi connectivity index (χ1) is 9.58. The number of aliphatic hydroxyl groups is 1. The van der Waals surface area contributed by atoms with Gasteiger partial charge in [-0.15, -0.1) is 0 Å². The van der Waals surface area contributed by atoms with Gasteiger partial charge in [-0.2, -0.15) is 0 Å². The third kappa shape index (κ3) is 2.64. The molecule has 112 valence electrons. The number of nitrogens with two attached hydrogens (primary N) is 1. The SMILES string of the molecule is CCCC(O)(c1ccccc1)C1(CN)CCC(C)CC1. The summed E-state index contributed by atoms with van der Waals surface area (Å²) in [4.78, 5) is 0. The van der Waals surface area contributed by atoms with Crippen molar-refractivity contribution in [1.82, 2.24) is 0 Å². The molecule has 0 aliphatic heterocycles. The van der Waals surface area contributed by atoms with Crippen molar-refractivity contribution in [3.63, 3.8) is 0 Å². The van der Waals surface area contributed by atoms with Crippen molar-refractivity contribution in [2.24, 2.45) is 17.1 Å². The molecule has 0 aromatic heterocycles. The monoisotopic (exact) mass is 275 g/mol. The molecule has 1 atom stereocenters. The van der Waals surface area contributed by atoms with E-state index in [1.165, 1.54) is 12.8 Å². The summed E-state index contributed by atoms with van der Waals surface area (Å²) in [6.45, 7) is 5.02. The average molecular weight is 275 g/mol. The van der Waals surface area contributed by atoms with Gasteiger partial charge in [0.05, 0.1) is 5.60 Å². The minimum absolute atomic E-state index is 0.156.